The molecule has 0 aliphatic heterocycles. The Morgan fingerprint density at radius 2 is 1.76 bits per heavy atom. The molecule has 0 radical (unpaired) electrons. The van der Waals surface area contributed by atoms with Crippen LogP contribution in [-0.2, 0) is 0 Å². The zero-order chi connectivity index (χ0) is 11.8. The molecular weight excluding hydrogens is 230 g/mol. The summed E-state index contributed by atoms with van der Waals surface area (Å²) in [4.78, 5) is 1.97. The number of pyridine rings is 1. The summed E-state index contributed by atoms with van der Waals surface area (Å²) in [5, 5.41) is 10.3. The van der Waals surface area contributed by atoms with Crippen molar-refractivity contribution in [2.24, 2.45) is 0 Å². The summed E-state index contributed by atoms with van der Waals surface area (Å²) in [6, 6.07) is 16.0. The molecule has 0 spiro atoms. The Labute approximate surface area is 103 Å². The summed E-state index contributed by atoms with van der Waals surface area (Å²) in [7, 11) is 0. The van der Waals surface area contributed by atoms with Gasteiger partial charge >= 0.3 is 5.88 Å². The minimum Gasteiger partial charge on any atom is -0.458 e. The third-order valence-corrected chi connectivity index (χ3v) is 3.96. The minimum absolute atomic E-state index is 0.328. The number of benzene rings is 1. The molecule has 0 unspecified atom stereocenters. The maximum absolute atomic E-state index is 10.3. The number of hydrogen-bond donors (Lipinski definition) is 1. The highest BCUT2D eigenvalue weighted by molar-refractivity contribution is 7.20. The predicted molar refractivity (Wildman–Crippen MR) is 69.3 cm³/mol. The van der Waals surface area contributed by atoms with Gasteiger partial charge in [0.2, 0.25) is 0 Å². The Kier molecular flexibility index (Phi) is 2.34. The molecule has 2 aromatic heterocycles. The molecule has 84 valence electrons. The number of thiazole rings is 1. The number of aromatic hydroxyl groups is 1. The fraction of sp³-hybridized carbons (Fsp3) is 0.0714. The molecule has 0 atom stereocenters. The van der Waals surface area contributed by atoms with Gasteiger partial charge in [-0.1, -0.05) is 41.7 Å². The summed E-state index contributed by atoms with van der Waals surface area (Å²) in [6.07, 6.45) is 0. The number of hydrogen-bond acceptors (Lipinski definition) is 2. The van der Waals surface area contributed by atoms with Gasteiger partial charge in [0.25, 0.3) is 4.83 Å². The van der Waals surface area contributed by atoms with Crippen LogP contribution in [0, 0.1) is 6.92 Å². The molecule has 2 heterocycles. The topological polar surface area (TPSA) is 24.3 Å². The van der Waals surface area contributed by atoms with Crippen LogP contribution in [0.2, 0.25) is 0 Å². The van der Waals surface area contributed by atoms with Crippen molar-refractivity contribution in [3.63, 3.8) is 0 Å². The molecular formula is C14H12NOS+. The highest BCUT2D eigenvalue weighted by Gasteiger charge is 2.22. The summed E-state index contributed by atoms with van der Waals surface area (Å²) >= 11 is 1.60. The first-order chi connectivity index (χ1) is 8.27. The van der Waals surface area contributed by atoms with Crippen LogP contribution < -0.4 is 4.40 Å². The first-order valence-corrected chi connectivity index (χ1v) is 6.27. The summed E-state index contributed by atoms with van der Waals surface area (Å²) in [5.74, 6) is 0.328. The van der Waals surface area contributed by atoms with E-state index in [1.54, 1.807) is 11.3 Å². The molecule has 0 aliphatic rings. The SMILES string of the molecule is Cc1cccc2sc(-c3ccccc3)c(O)[n+]12. The summed E-state index contributed by atoms with van der Waals surface area (Å²) in [6.45, 7) is 1.99. The predicted octanol–water partition coefficient (Wildman–Crippen LogP) is 3.17. The lowest BCUT2D eigenvalue weighted by Gasteiger charge is -1.93. The first kappa shape index (κ1) is 10.3. The molecule has 2 nitrogen and oxygen atoms in total. The molecule has 3 heteroatoms. The second-order valence-electron chi connectivity index (χ2n) is 3.96. The van der Waals surface area contributed by atoms with Crippen LogP contribution in [0.5, 0.6) is 5.88 Å². The van der Waals surface area contributed by atoms with Gasteiger partial charge in [-0.2, -0.15) is 0 Å². The molecule has 0 aliphatic carbocycles. The normalized spacial score (nSPS) is 10.9. The van der Waals surface area contributed by atoms with Gasteiger partial charge in [-0.15, -0.1) is 4.40 Å². The first-order valence-electron chi connectivity index (χ1n) is 5.46. The summed E-state index contributed by atoms with van der Waals surface area (Å²) in [5.41, 5.74) is 2.09. The summed E-state index contributed by atoms with van der Waals surface area (Å²) < 4.78 is 1.88. The lowest BCUT2D eigenvalue weighted by atomic mass is 10.2. The molecule has 0 amide bonds. The standard InChI is InChI=1S/C14H11NOS/c1-10-6-5-9-12-15(10)14(16)13(17-12)11-7-3-2-4-8-11/h2-9H,1H3/p+1. The molecule has 0 bridgehead atoms. The monoisotopic (exact) mass is 242 g/mol. The van der Waals surface area contributed by atoms with Gasteiger partial charge in [-0.25, -0.2) is 0 Å². The van der Waals surface area contributed by atoms with Crippen LogP contribution in [-0.4, -0.2) is 5.11 Å². The maximum atomic E-state index is 10.3. The average Bonchev–Trinajstić information content (AvgIpc) is 2.69. The van der Waals surface area contributed by atoms with Gasteiger partial charge in [0.1, 0.15) is 0 Å². The number of aryl methyl sites for hydroxylation is 1. The Morgan fingerprint density at radius 3 is 2.47 bits per heavy atom. The lowest BCUT2D eigenvalue weighted by Crippen LogP contribution is -2.22. The van der Waals surface area contributed by atoms with Crippen molar-refractivity contribution >= 4 is 16.2 Å². The molecule has 1 N–H and O–H groups in total. The van der Waals surface area contributed by atoms with Crippen molar-refractivity contribution in [3.8, 4) is 16.3 Å². The van der Waals surface area contributed by atoms with Crippen LogP contribution in [0.4, 0.5) is 0 Å². The number of aromatic nitrogens is 1. The number of fused-ring (bicyclic) bond motifs is 1. The number of rotatable bonds is 1. The minimum atomic E-state index is 0.328. The highest BCUT2D eigenvalue weighted by atomic mass is 32.1. The molecule has 3 aromatic rings. The Bertz CT molecular complexity index is 673. The van der Waals surface area contributed by atoms with Gasteiger partial charge in [0.15, 0.2) is 10.6 Å². The highest BCUT2D eigenvalue weighted by Crippen LogP contribution is 2.33. The van der Waals surface area contributed by atoms with E-state index >= 15 is 0 Å². The molecule has 0 fully saturated rings. The lowest BCUT2D eigenvalue weighted by molar-refractivity contribution is -0.525. The van der Waals surface area contributed by atoms with E-state index in [1.165, 1.54) is 0 Å². The average molecular weight is 242 g/mol. The van der Waals surface area contributed by atoms with Gasteiger partial charge in [0, 0.05) is 24.6 Å². The van der Waals surface area contributed by atoms with Crippen molar-refractivity contribution in [1.82, 2.24) is 0 Å². The smallest absolute Gasteiger partial charge is 0.390 e. The van der Waals surface area contributed by atoms with Crippen LogP contribution in [0.3, 0.4) is 0 Å². The quantitative estimate of drug-likeness (QED) is 0.651. The van der Waals surface area contributed by atoms with Gasteiger partial charge in [-0.3, -0.25) is 0 Å². The van der Waals surface area contributed by atoms with Crippen LogP contribution in [0.15, 0.2) is 48.5 Å². The largest absolute Gasteiger partial charge is 0.458 e. The molecule has 1 aromatic carbocycles. The van der Waals surface area contributed by atoms with Crippen molar-refractivity contribution < 1.29 is 9.51 Å². The van der Waals surface area contributed by atoms with Crippen molar-refractivity contribution in [2.75, 3.05) is 0 Å². The van der Waals surface area contributed by atoms with E-state index in [0.717, 1.165) is 21.0 Å². The Balaban J connectivity index is 2.33. The number of nitrogens with zero attached hydrogens (tertiary/aromatic N) is 1. The fourth-order valence-corrected chi connectivity index (χ4v) is 3.09. The van der Waals surface area contributed by atoms with E-state index in [0.29, 0.717) is 5.88 Å². The third kappa shape index (κ3) is 1.59. The fourth-order valence-electron chi connectivity index (χ4n) is 1.97. The molecule has 17 heavy (non-hydrogen) atoms. The molecule has 0 saturated carbocycles. The maximum Gasteiger partial charge on any atom is 0.390 e. The third-order valence-electron chi connectivity index (χ3n) is 2.81. The van der Waals surface area contributed by atoms with E-state index < -0.39 is 0 Å². The van der Waals surface area contributed by atoms with E-state index in [-0.39, 0.29) is 0 Å². The van der Waals surface area contributed by atoms with E-state index in [2.05, 4.69) is 0 Å². The van der Waals surface area contributed by atoms with Gasteiger partial charge < -0.3 is 5.11 Å². The second-order valence-corrected chi connectivity index (χ2v) is 4.99. The Morgan fingerprint density at radius 1 is 1.00 bits per heavy atom. The van der Waals surface area contributed by atoms with E-state index in [1.807, 2.05) is 59.9 Å². The van der Waals surface area contributed by atoms with Crippen LogP contribution >= 0.6 is 11.3 Å². The van der Waals surface area contributed by atoms with E-state index in [4.69, 9.17) is 0 Å². The zero-order valence-corrected chi connectivity index (χ0v) is 10.2. The van der Waals surface area contributed by atoms with Gasteiger partial charge in [0.05, 0.1) is 0 Å². The van der Waals surface area contributed by atoms with Crippen LogP contribution in [0.1, 0.15) is 5.69 Å². The second kappa shape index (κ2) is 3.86. The van der Waals surface area contributed by atoms with Crippen molar-refractivity contribution in [2.45, 2.75) is 6.92 Å². The Hall–Kier alpha value is -1.87. The molecule has 3 rings (SSSR count). The van der Waals surface area contributed by atoms with Crippen molar-refractivity contribution in [1.29, 1.82) is 0 Å². The van der Waals surface area contributed by atoms with Crippen molar-refractivity contribution in [3.05, 3.63) is 54.2 Å². The molecule has 0 saturated heterocycles. The van der Waals surface area contributed by atoms with Crippen LogP contribution in [0.25, 0.3) is 15.3 Å². The zero-order valence-electron chi connectivity index (χ0n) is 9.42. The van der Waals surface area contributed by atoms with Gasteiger partial charge in [-0.05, 0) is 6.07 Å². The van der Waals surface area contributed by atoms with E-state index in [9.17, 15) is 5.11 Å².